The Kier molecular flexibility index (Phi) is 4.59. The Balaban J connectivity index is 2.27. The summed E-state index contributed by atoms with van der Waals surface area (Å²) in [5, 5.41) is 11.8. The topological polar surface area (TPSA) is 49.3 Å². The molecule has 0 heterocycles. The van der Waals surface area contributed by atoms with E-state index in [9.17, 15) is 18.7 Å². The zero-order chi connectivity index (χ0) is 14.9. The first-order chi connectivity index (χ1) is 9.38. The van der Waals surface area contributed by atoms with E-state index in [0.29, 0.717) is 3.57 Å². The average molecular weight is 454 g/mol. The maximum Gasteiger partial charge on any atom is 0.255 e. The zero-order valence-corrected chi connectivity index (χ0v) is 13.5. The molecule has 104 valence electrons. The number of carbonyl (C=O) groups is 1. The zero-order valence-electron chi connectivity index (χ0n) is 9.75. The lowest BCUT2D eigenvalue weighted by Crippen LogP contribution is -2.13. The van der Waals surface area contributed by atoms with Gasteiger partial charge in [-0.1, -0.05) is 0 Å². The van der Waals surface area contributed by atoms with E-state index >= 15 is 0 Å². The highest BCUT2D eigenvalue weighted by Gasteiger charge is 2.13. The van der Waals surface area contributed by atoms with E-state index in [1.165, 1.54) is 12.1 Å². The second-order valence-corrected chi connectivity index (χ2v) is 5.88. The molecule has 0 unspecified atom stereocenters. The molecule has 0 aromatic heterocycles. The molecule has 1 amide bonds. The van der Waals surface area contributed by atoms with E-state index in [1.54, 1.807) is 6.07 Å². The maximum atomic E-state index is 13.6. The summed E-state index contributed by atoms with van der Waals surface area (Å²) >= 11 is 4.75. The van der Waals surface area contributed by atoms with Gasteiger partial charge in [0.1, 0.15) is 17.4 Å². The fourth-order valence-electron chi connectivity index (χ4n) is 1.47. The van der Waals surface area contributed by atoms with Crippen LogP contribution in [0.15, 0.2) is 34.8 Å². The first-order valence-electron chi connectivity index (χ1n) is 5.33. The SMILES string of the molecule is O=C(Nc1cc(F)c(Br)cc1F)c1ccc(I)c(O)c1. The van der Waals surface area contributed by atoms with Gasteiger partial charge in [0.25, 0.3) is 5.91 Å². The minimum absolute atomic E-state index is 0.0279. The van der Waals surface area contributed by atoms with Gasteiger partial charge in [-0.2, -0.15) is 0 Å². The summed E-state index contributed by atoms with van der Waals surface area (Å²) in [5.41, 5.74) is -0.126. The molecule has 0 saturated heterocycles. The summed E-state index contributed by atoms with van der Waals surface area (Å²) in [5.74, 6) is -2.15. The Bertz CT molecular complexity index is 694. The third-order valence-corrected chi connectivity index (χ3v) is 3.99. The highest BCUT2D eigenvalue weighted by atomic mass is 127. The molecule has 2 aromatic carbocycles. The minimum Gasteiger partial charge on any atom is -0.507 e. The van der Waals surface area contributed by atoms with E-state index in [2.05, 4.69) is 21.2 Å². The summed E-state index contributed by atoms with van der Waals surface area (Å²) < 4.78 is 27.5. The van der Waals surface area contributed by atoms with E-state index < -0.39 is 17.5 Å². The van der Waals surface area contributed by atoms with Crippen LogP contribution < -0.4 is 5.32 Å². The predicted octanol–water partition coefficient (Wildman–Crippen LogP) is 4.29. The van der Waals surface area contributed by atoms with Crippen LogP contribution in [0.25, 0.3) is 0 Å². The summed E-state index contributed by atoms with van der Waals surface area (Å²) in [6, 6.07) is 6.08. The van der Waals surface area contributed by atoms with Crippen molar-refractivity contribution < 1.29 is 18.7 Å². The van der Waals surface area contributed by atoms with Crippen molar-refractivity contribution >= 4 is 50.1 Å². The van der Waals surface area contributed by atoms with Crippen molar-refractivity contribution in [3.8, 4) is 5.75 Å². The number of halogens is 4. The van der Waals surface area contributed by atoms with Crippen LogP contribution in [0.2, 0.25) is 0 Å². The highest BCUT2D eigenvalue weighted by molar-refractivity contribution is 14.1. The number of aromatic hydroxyl groups is 1. The molecule has 7 heteroatoms. The monoisotopic (exact) mass is 453 g/mol. The van der Waals surface area contributed by atoms with Crippen molar-refractivity contribution in [1.29, 1.82) is 0 Å². The number of phenols is 1. The summed E-state index contributed by atoms with van der Waals surface area (Å²) in [4.78, 5) is 11.9. The number of benzene rings is 2. The van der Waals surface area contributed by atoms with E-state index in [-0.39, 0.29) is 21.5 Å². The number of phenolic OH excluding ortho intramolecular Hbond substituents is 1. The fraction of sp³-hybridized carbons (Fsp3) is 0. The van der Waals surface area contributed by atoms with Crippen molar-refractivity contribution in [3.05, 3.63) is 55.6 Å². The van der Waals surface area contributed by atoms with Crippen molar-refractivity contribution in [2.24, 2.45) is 0 Å². The average Bonchev–Trinajstić information content (AvgIpc) is 2.39. The van der Waals surface area contributed by atoms with Crippen molar-refractivity contribution in [2.75, 3.05) is 5.32 Å². The van der Waals surface area contributed by atoms with Crippen LogP contribution >= 0.6 is 38.5 Å². The lowest BCUT2D eigenvalue weighted by molar-refractivity contribution is 0.102. The molecule has 0 aliphatic carbocycles. The molecule has 0 saturated carbocycles. The number of nitrogens with one attached hydrogen (secondary N) is 1. The smallest absolute Gasteiger partial charge is 0.255 e. The second-order valence-electron chi connectivity index (χ2n) is 3.87. The van der Waals surface area contributed by atoms with Gasteiger partial charge in [0.2, 0.25) is 0 Å². The van der Waals surface area contributed by atoms with Crippen LogP contribution in [0.5, 0.6) is 5.75 Å². The molecule has 2 N–H and O–H groups in total. The van der Waals surface area contributed by atoms with Crippen LogP contribution in [-0.4, -0.2) is 11.0 Å². The Morgan fingerprint density at radius 1 is 1.20 bits per heavy atom. The lowest BCUT2D eigenvalue weighted by atomic mass is 10.2. The summed E-state index contributed by atoms with van der Waals surface area (Å²) in [6.07, 6.45) is 0. The number of anilines is 1. The molecular weight excluding hydrogens is 447 g/mol. The number of hydrogen-bond acceptors (Lipinski definition) is 2. The number of hydrogen-bond donors (Lipinski definition) is 2. The van der Waals surface area contributed by atoms with Crippen molar-refractivity contribution in [2.45, 2.75) is 0 Å². The fourth-order valence-corrected chi connectivity index (χ4v) is 2.12. The number of amides is 1. The third kappa shape index (κ3) is 3.26. The molecule has 0 bridgehead atoms. The summed E-state index contributed by atoms with van der Waals surface area (Å²) in [6.45, 7) is 0. The van der Waals surface area contributed by atoms with E-state index in [1.807, 2.05) is 22.6 Å². The van der Waals surface area contributed by atoms with Crippen molar-refractivity contribution in [3.63, 3.8) is 0 Å². The van der Waals surface area contributed by atoms with Gasteiger partial charge >= 0.3 is 0 Å². The van der Waals surface area contributed by atoms with E-state index in [0.717, 1.165) is 12.1 Å². The Labute approximate surface area is 135 Å². The molecule has 0 spiro atoms. The largest absolute Gasteiger partial charge is 0.507 e. The normalized spacial score (nSPS) is 10.4. The van der Waals surface area contributed by atoms with Crippen LogP contribution in [0.4, 0.5) is 14.5 Å². The van der Waals surface area contributed by atoms with Gasteiger partial charge < -0.3 is 10.4 Å². The second kappa shape index (κ2) is 6.04. The minimum atomic E-state index is -0.763. The third-order valence-electron chi connectivity index (χ3n) is 2.47. The standard InChI is InChI=1S/C13H7BrF2INO2/c14-7-4-9(16)11(5-8(7)15)18-13(20)6-1-2-10(17)12(19)3-6/h1-5,19H,(H,18,20). The van der Waals surface area contributed by atoms with Gasteiger partial charge in [-0.3, -0.25) is 4.79 Å². The maximum absolute atomic E-state index is 13.6. The molecule has 0 fully saturated rings. The van der Waals surface area contributed by atoms with Crippen molar-refractivity contribution in [1.82, 2.24) is 0 Å². The van der Waals surface area contributed by atoms with Gasteiger partial charge in [0, 0.05) is 11.6 Å². The van der Waals surface area contributed by atoms with Crippen LogP contribution in [0.1, 0.15) is 10.4 Å². The molecular formula is C13H7BrF2INO2. The summed E-state index contributed by atoms with van der Waals surface area (Å²) in [7, 11) is 0. The molecule has 0 radical (unpaired) electrons. The molecule has 2 aromatic rings. The molecule has 2 rings (SSSR count). The van der Waals surface area contributed by atoms with Crippen LogP contribution in [0, 0.1) is 15.2 Å². The highest BCUT2D eigenvalue weighted by Crippen LogP contribution is 2.25. The van der Waals surface area contributed by atoms with Gasteiger partial charge in [0.05, 0.1) is 13.7 Å². The first-order valence-corrected chi connectivity index (χ1v) is 7.20. The molecule has 3 nitrogen and oxygen atoms in total. The van der Waals surface area contributed by atoms with Crippen LogP contribution in [-0.2, 0) is 0 Å². The predicted molar refractivity (Wildman–Crippen MR) is 82.8 cm³/mol. The van der Waals surface area contributed by atoms with Crippen LogP contribution in [0.3, 0.4) is 0 Å². The molecule has 20 heavy (non-hydrogen) atoms. The first kappa shape index (κ1) is 15.2. The number of rotatable bonds is 2. The van der Waals surface area contributed by atoms with Gasteiger partial charge in [-0.25, -0.2) is 8.78 Å². The van der Waals surface area contributed by atoms with Gasteiger partial charge in [-0.15, -0.1) is 0 Å². The van der Waals surface area contributed by atoms with E-state index in [4.69, 9.17) is 0 Å². The molecule has 0 aliphatic rings. The Morgan fingerprint density at radius 3 is 2.55 bits per heavy atom. The Morgan fingerprint density at radius 2 is 1.90 bits per heavy atom. The Hall–Kier alpha value is -1.22. The van der Waals surface area contributed by atoms with Gasteiger partial charge in [0.15, 0.2) is 0 Å². The van der Waals surface area contributed by atoms with Gasteiger partial charge in [-0.05, 0) is 62.8 Å². The number of carbonyl (C=O) groups excluding carboxylic acids is 1. The lowest BCUT2D eigenvalue weighted by Gasteiger charge is -2.08. The quantitative estimate of drug-likeness (QED) is 0.526. The molecule has 0 aliphatic heterocycles. The molecule has 0 atom stereocenters.